The molecule has 1 aromatic carbocycles. The van der Waals surface area contributed by atoms with E-state index in [-0.39, 0.29) is 6.04 Å². The van der Waals surface area contributed by atoms with Crippen LogP contribution in [0.5, 0.6) is 0 Å². The highest BCUT2D eigenvalue weighted by molar-refractivity contribution is 7.87. The van der Waals surface area contributed by atoms with Gasteiger partial charge in [-0.1, -0.05) is 18.2 Å². The summed E-state index contributed by atoms with van der Waals surface area (Å²) < 4.78 is 24.3. The summed E-state index contributed by atoms with van der Waals surface area (Å²) in [6.07, 6.45) is 4.68. The molecule has 0 unspecified atom stereocenters. The second-order valence-electron chi connectivity index (χ2n) is 4.62. The molecule has 5 heteroatoms. The highest BCUT2D eigenvalue weighted by atomic mass is 32.2. The molecule has 0 aromatic heterocycles. The lowest BCUT2D eigenvalue weighted by atomic mass is 9.89. The van der Waals surface area contributed by atoms with E-state index < -0.39 is 10.2 Å². The normalized spacial score (nSPS) is 17.5. The van der Waals surface area contributed by atoms with Crippen LogP contribution in [-0.2, 0) is 23.1 Å². The van der Waals surface area contributed by atoms with E-state index in [2.05, 4.69) is 16.9 Å². The molecule has 0 spiro atoms. The minimum atomic E-state index is -3.64. The molecule has 0 aliphatic heterocycles. The Labute approximate surface area is 102 Å². The number of nitrogens with one attached hydrogen (secondary N) is 1. The van der Waals surface area contributed by atoms with Crippen LogP contribution in [0.3, 0.4) is 0 Å². The Hall–Kier alpha value is -0.910. The molecule has 1 aromatic rings. The first-order valence-electron chi connectivity index (χ1n) is 5.87. The molecule has 1 aliphatic carbocycles. The summed E-state index contributed by atoms with van der Waals surface area (Å²) in [5, 5.41) is 4.97. The Kier molecular flexibility index (Phi) is 3.51. The van der Waals surface area contributed by atoms with E-state index in [9.17, 15) is 8.42 Å². The van der Waals surface area contributed by atoms with Gasteiger partial charge in [-0.25, -0.2) is 5.14 Å². The minimum Gasteiger partial charge on any atom is -0.216 e. The predicted molar refractivity (Wildman–Crippen MR) is 67.7 cm³/mol. The quantitative estimate of drug-likeness (QED) is 0.856. The monoisotopic (exact) mass is 254 g/mol. The molecule has 1 atom stereocenters. The first-order chi connectivity index (χ1) is 7.96. The summed E-state index contributed by atoms with van der Waals surface area (Å²) in [5.74, 6) is 0. The first kappa shape index (κ1) is 12.5. The van der Waals surface area contributed by atoms with E-state index in [4.69, 9.17) is 5.14 Å². The second kappa shape index (κ2) is 4.76. The lowest BCUT2D eigenvalue weighted by molar-refractivity contribution is 0.568. The van der Waals surface area contributed by atoms with Gasteiger partial charge in [-0.3, -0.25) is 0 Å². The zero-order valence-electron chi connectivity index (χ0n) is 9.94. The van der Waals surface area contributed by atoms with Crippen LogP contribution in [0.1, 0.15) is 42.5 Å². The third-order valence-corrected chi connectivity index (χ3v) is 3.90. The van der Waals surface area contributed by atoms with Crippen LogP contribution in [0, 0.1) is 0 Å². The number of rotatable bonds is 3. The van der Waals surface area contributed by atoms with Gasteiger partial charge in [0.15, 0.2) is 0 Å². The standard InChI is InChI=1S/C12H18N2O2S/c1-9(14-17(13,15)16)11-7-6-10-4-2-3-5-12(10)8-11/h6-9,14H,2-5H2,1H3,(H2,13,15,16)/t9-/m0/s1. The third kappa shape index (κ3) is 3.28. The molecule has 0 saturated heterocycles. The largest absolute Gasteiger partial charge is 0.274 e. The van der Waals surface area contributed by atoms with E-state index in [0.29, 0.717) is 0 Å². The maximum absolute atomic E-state index is 11.0. The van der Waals surface area contributed by atoms with Gasteiger partial charge in [-0.15, -0.1) is 0 Å². The van der Waals surface area contributed by atoms with Crippen molar-refractivity contribution in [2.45, 2.75) is 38.6 Å². The molecule has 0 bridgehead atoms. The molecule has 0 heterocycles. The van der Waals surface area contributed by atoms with Gasteiger partial charge < -0.3 is 0 Å². The number of hydrogen-bond donors (Lipinski definition) is 2. The minimum absolute atomic E-state index is 0.280. The number of hydrogen-bond acceptors (Lipinski definition) is 2. The van der Waals surface area contributed by atoms with Crippen molar-refractivity contribution in [2.24, 2.45) is 5.14 Å². The van der Waals surface area contributed by atoms with Gasteiger partial charge in [0, 0.05) is 6.04 Å². The summed E-state index contributed by atoms with van der Waals surface area (Å²) in [7, 11) is -3.64. The van der Waals surface area contributed by atoms with Gasteiger partial charge in [-0.2, -0.15) is 13.1 Å². The van der Waals surface area contributed by atoms with Crippen molar-refractivity contribution in [3.63, 3.8) is 0 Å². The third-order valence-electron chi connectivity index (χ3n) is 3.21. The number of nitrogens with two attached hydrogens (primary N) is 1. The Bertz CT molecular complexity index is 511. The summed E-state index contributed by atoms with van der Waals surface area (Å²) in [5.41, 5.74) is 3.71. The van der Waals surface area contributed by atoms with Crippen LogP contribution in [0.4, 0.5) is 0 Å². The fourth-order valence-electron chi connectivity index (χ4n) is 2.34. The zero-order chi connectivity index (χ0) is 12.5. The molecule has 0 amide bonds. The summed E-state index contributed by atoms with van der Waals surface area (Å²) in [4.78, 5) is 0. The van der Waals surface area contributed by atoms with Gasteiger partial charge in [0.1, 0.15) is 0 Å². The molecular weight excluding hydrogens is 236 g/mol. The van der Waals surface area contributed by atoms with Crippen molar-refractivity contribution < 1.29 is 8.42 Å². The lowest BCUT2D eigenvalue weighted by Gasteiger charge is -2.19. The number of benzene rings is 1. The molecule has 0 radical (unpaired) electrons. The van der Waals surface area contributed by atoms with Crippen LogP contribution in [0.25, 0.3) is 0 Å². The highest BCUT2D eigenvalue weighted by Crippen LogP contribution is 2.24. The van der Waals surface area contributed by atoms with Crippen molar-refractivity contribution in [3.05, 3.63) is 34.9 Å². The zero-order valence-corrected chi connectivity index (χ0v) is 10.8. The summed E-state index contributed by atoms with van der Waals surface area (Å²) in [6.45, 7) is 1.80. The molecule has 4 nitrogen and oxygen atoms in total. The van der Waals surface area contributed by atoms with E-state index in [1.165, 1.54) is 24.0 Å². The fourth-order valence-corrected chi connectivity index (χ4v) is 2.97. The van der Waals surface area contributed by atoms with Crippen LogP contribution in [-0.4, -0.2) is 8.42 Å². The van der Waals surface area contributed by atoms with Crippen LogP contribution < -0.4 is 9.86 Å². The average Bonchev–Trinajstić information content (AvgIpc) is 2.26. The topological polar surface area (TPSA) is 72.2 Å². The van der Waals surface area contributed by atoms with Crippen molar-refractivity contribution in [2.75, 3.05) is 0 Å². The van der Waals surface area contributed by atoms with Crippen molar-refractivity contribution in [3.8, 4) is 0 Å². The lowest BCUT2D eigenvalue weighted by Crippen LogP contribution is -2.33. The van der Waals surface area contributed by atoms with Crippen LogP contribution >= 0.6 is 0 Å². The van der Waals surface area contributed by atoms with Crippen molar-refractivity contribution in [1.82, 2.24) is 4.72 Å². The average molecular weight is 254 g/mol. The number of fused-ring (bicyclic) bond motifs is 1. The molecule has 1 aliphatic rings. The number of aryl methyl sites for hydroxylation is 2. The molecule has 2 rings (SSSR count). The van der Waals surface area contributed by atoms with Crippen molar-refractivity contribution >= 4 is 10.2 Å². The second-order valence-corrected chi connectivity index (χ2v) is 5.95. The molecule has 0 fully saturated rings. The van der Waals surface area contributed by atoms with Gasteiger partial charge in [0.05, 0.1) is 0 Å². The smallest absolute Gasteiger partial charge is 0.216 e. The van der Waals surface area contributed by atoms with E-state index in [0.717, 1.165) is 18.4 Å². The van der Waals surface area contributed by atoms with Gasteiger partial charge in [0.2, 0.25) is 0 Å². The Balaban J connectivity index is 2.22. The summed E-state index contributed by atoms with van der Waals surface area (Å²) in [6, 6.07) is 5.90. The van der Waals surface area contributed by atoms with Gasteiger partial charge >= 0.3 is 0 Å². The maximum atomic E-state index is 11.0. The Morgan fingerprint density at radius 3 is 2.53 bits per heavy atom. The van der Waals surface area contributed by atoms with Crippen molar-refractivity contribution in [1.29, 1.82) is 0 Å². The van der Waals surface area contributed by atoms with Crippen LogP contribution in [0.2, 0.25) is 0 Å². The van der Waals surface area contributed by atoms with E-state index >= 15 is 0 Å². The van der Waals surface area contributed by atoms with E-state index in [1.54, 1.807) is 6.92 Å². The molecule has 94 valence electrons. The Morgan fingerprint density at radius 1 is 1.24 bits per heavy atom. The molecule has 3 N–H and O–H groups in total. The van der Waals surface area contributed by atoms with Gasteiger partial charge in [-0.05, 0) is 49.3 Å². The molecular formula is C12H18N2O2S. The van der Waals surface area contributed by atoms with Crippen LogP contribution in [0.15, 0.2) is 18.2 Å². The molecule has 0 saturated carbocycles. The van der Waals surface area contributed by atoms with E-state index in [1.807, 2.05) is 6.07 Å². The molecule has 17 heavy (non-hydrogen) atoms. The first-order valence-corrected chi connectivity index (χ1v) is 7.42. The maximum Gasteiger partial charge on any atom is 0.274 e. The Morgan fingerprint density at radius 2 is 1.88 bits per heavy atom. The SMILES string of the molecule is C[C@H](NS(N)(=O)=O)c1ccc2c(c1)CCCC2. The predicted octanol–water partition coefficient (Wildman–Crippen LogP) is 1.42. The van der Waals surface area contributed by atoms with Gasteiger partial charge in [0.25, 0.3) is 10.2 Å². The summed E-state index contributed by atoms with van der Waals surface area (Å²) >= 11 is 0. The highest BCUT2D eigenvalue weighted by Gasteiger charge is 2.14. The fraction of sp³-hybridized carbons (Fsp3) is 0.500.